The molecule has 1 fully saturated rings. The van der Waals surface area contributed by atoms with Gasteiger partial charge in [0, 0.05) is 12.6 Å². The highest BCUT2D eigenvalue weighted by molar-refractivity contribution is 7.89. The lowest BCUT2D eigenvalue weighted by molar-refractivity contribution is 0.288. The van der Waals surface area contributed by atoms with Crippen molar-refractivity contribution in [3.63, 3.8) is 0 Å². The lowest BCUT2D eigenvalue weighted by Gasteiger charge is -2.22. The first-order valence-electron chi connectivity index (χ1n) is 7.51. The minimum atomic E-state index is -3.80. The maximum Gasteiger partial charge on any atom is 0.247 e. The first-order chi connectivity index (χ1) is 11.5. The second kappa shape index (κ2) is 6.40. The van der Waals surface area contributed by atoms with Crippen molar-refractivity contribution in [1.29, 1.82) is 0 Å². The highest BCUT2D eigenvalue weighted by Crippen LogP contribution is 2.39. The van der Waals surface area contributed by atoms with Crippen molar-refractivity contribution in [3.05, 3.63) is 29.9 Å². The van der Waals surface area contributed by atoms with Gasteiger partial charge in [0.25, 0.3) is 0 Å². The molecule has 24 heavy (non-hydrogen) atoms. The van der Waals surface area contributed by atoms with Crippen molar-refractivity contribution >= 4 is 10.0 Å². The molecule has 1 aromatic carbocycles. The monoisotopic (exact) mass is 353 g/mol. The second-order valence-electron chi connectivity index (χ2n) is 5.47. The van der Waals surface area contributed by atoms with Crippen molar-refractivity contribution < 1.29 is 22.4 Å². The second-order valence-corrected chi connectivity index (χ2v) is 7.33. The molecule has 1 unspecified atom stereocenters. The number of hydrogen-bond donors (Lipinski definition) is 0. The Morgan fingerprint density at radius 3 is 2.71 bits per heavy atom. The molecule has 1 aliphatic heterocycles. The molecule has 1 atom stereocenters. The number of aromatic nitrogens is 2. The first kappa shape index (κ1) is 16.7. The minimum absolute atomic E-state index is 0.0625. The Labute approximate surface area is 140 Å². The average molecular weight is 353 g/mol. The quantitative estimate of drug-likeness (QED) is 0.810. The van der Waals surface area contributed by atoms with Gasteiger partial charge in [-0.1, -0.05) is 5.16 Å². The molecule has 130 valence electrons. The van der Waals surface area contributed by atoms with Gasteiger partial charge >= 0.3 is 0 Å². The number of aryl methyl sites for hydroxylation is 1. The van der Waals surface area contributed by atoms with Gasteiger partial charge in [0.15, 0.2) is 5.82 Å². The summed E-state index contributed by atoms with van der Waals surface area (Å²) in [4.78, 5) is 4.25. The fourth-order valence-electron chi connectivity index (χ4n) is 2.84. The summed E-state index contributed by atoms with van der Waals surface area (Å²) >= 11 is 0. The molecule has 0 radical (unpaired) electrons. The van der Waals surface area contributed by atoms with E-state index in [1.807, 2.05) is 0 Å². The summed E-state index contributed by atoms with van der Waals surface area (Å²) in [7, 11) is -0.883. The Morgan fingerprint density at radius 1 is 1.29 bits per heavy atom. The van der Waals surface area contributed by atoms with Crippen LogP contribution in [-0.2, 0) is 10.0 Å². The number of hydrogen-bond acceptors (Lipinski definition) is 7. The summed E-state index contributed by atoms with van der Waals surface area (Å²) in [5.41, 5.74) is 0. The van der Waals surface area contributed by atoms with Crippen molar-refractivity contribution in [3.8, 4) is 11.5 Å². The van der Waals surface area contributed by atoms with E-state index in [1.54, 1.807) is 19.1 Å². The smallest absolute Gasteiger partial charge is 0.247 e. The largest absolute Gasteiger partial charge is 0.497 e. The SMILES string of the molecule is COc1ccc(OC)c(S(=O)(=O)N2CCCC2c2nc(C)no2)c1. The Morgan fingerprint density at radius 2 is 2.08 bits per heavy atom. The van der Waals surface area contributed by atoms with E-state index in [0.29, 0.717) is 30.4 Å². The van der Waals surface area contributed by atoms with E-state index in [0.717, 1.165) is 6.42 Å². The summed E-state index contributed by atoms with van der Waals surface area (Å²) in [5.74, 6) is 1.51. The van der Waals surface area contributed by atoms with Crippen LogP contribution in [0.4, 0.5) is 0 Å². The molecular formula is C15H19N3O5S. The third-order valence-electron chi connectivity index (χ3n) is 3.99. The molecule has 0 saturated carbocycles. The Hall–Kier alpha value is -2.13. The molecule has 1 aliphatic rings. The maximum absolute atomic E-state index is 13.2. The van der Waals surface area contributed by atoms with Crippen LogP contribution < -0.4 is 9.47 Å². The van der Waals surface area contributed by atoms with Crippen LogP contribution in [0.15, 0.2) is 27.6 Å². The number of ether oxygens (including phenoxy) is 2. The zero-order valence-electron chi connectivity index (χ0n) is 13.7. The number of nitrogens with zero attached hydrogens (tertiary/aromatic N) is 3. The van der Waals surface area contributed by atoms with Gasteiger partial charge in [-0.2, -0.15) is 9.29 Å². The molecule has 1 saturated heterocycles. The van der Waals surface area contributed by atoms with Crippen molar-refractivity contribution in [2.75, 3.05) is 20.8 Å². The topological polar surface area (TPSA) is 94.8 Å². The van der Waals surface area contributed by atoms with Gasteiger partial charge in [0.2, 0.25) is 15.9 Å². The Kier molecular flexibility index (Phi) is 4.46. The molecule has 2 aromatic rings. The van der Waals surface area contributed by atoms with Crippen LogP contribution >= 0.6 is 0 Å². The van der Waals surface area contributed by atoms with Gasteiger partial charge in [-0.15, -0.1) is 0 Å². The van der Waals surface area contributed by atoms with Gasteiger partial charge in [-0.25, -0.2) is 8.42 Å². The standard InChI is InChI=1S/C15H19N3O5S/c1-10-16-15(23-17-10)12-5-4-8-18(12)24(19,20)14-9-11(21-2)6-7-13(14)22-3/h6-7,9,12H,4-5,8H2,1-3H3. The van der Waals surface area contributed by atoms with Crippen molar-refractivity contribution in [1.82, 2.24) is 14.4 Å². The van der Waals surface area contributed by atoms with E-state index in [-0.39, 0.29) is 10.6 Å². The van der Waals surface area contributed by atoms with Crippen LogP contribution in [0.1, 0.15) is 30.6 Å². The van der Waals surface area contributed by atoms with Gasteiger partial charge in [0.1, 0.15) is 22.4 Å². The van der Waals surface area contributed by atoms with E-state index in [4.69, 9.17) is 14.0 Å². The summed E-state index contributed by atoms with van der Waals surface area (Å²) < 4.78 is 43.3. The van der Waals surface area contributed by atoms with Crippen LogP contribution in [-0.4, -0.2) is 43.6 Å². The third-order valence-corrected chi connectivity index (χ3v) is 5.92. The van der Waals surface area contributed by atoms with Gasteiger partial charge < -0.3 is 14.0 Å². The predicted octanol–water partition coefficient (Wildman–Crippen LogP) is 1.92. The molecule has 2 heterocycles. The molecule has 8 nitrogen and oxygen atoms in total. The molecular weight excluding hydrogens is 334 g/mol. The Balaban J connectivity index is 2.03. The number of sulfonamides is 1. The number of methoxy groups -OCH3 is 2. The number of rotatable bonds is 5. The summed E-state index contributed by atoms with van der Waals surface area (Å²) in [6, 6.07) is 4.23. The van der Waals surface area contributed by atoms with E-state index in [2.05, 4.69) is 10.1 Å². The molecule has 1 aromatic heterocycles. The summed E-state index contributed by atoms with van der Waals surface area (Å²) in [6.45, 7) is 2.08. The highest BCUT2D eigenvalue weighted by Gasteiger charge is 2.40. The third kappa shape index (κ3) is 2.84. The fourth-order valence-corrected chi connectivity index (χ4v) is 4.66. The molecule has 0 aliphatic carbocycles. The van der Waals surface area contributed by atoms with Crippen LogP contribution in [0.5, 0.6) is 11.5 Å². The summed E-state index contributed by atoms with van der Waals surface area (Å²) in [6.07, 6.45) is 1.35. The minimum Gasteiger partial charge on any atom is -0.497 e. The molecule has 0 spiro atoms. The zero-order valence-corrected chi connectivity index (χ0v) is 14.5. The number of benzene rings is 1. The molecule has 0 amide bonds. The van der Waals surface area contributed by atoms with E-state index >= 15 is 0 Å². The highest BCUT2D eigenvalue weighted by atomic mass is 32.2. The molecule has 0 bridgehead atoms. The fraction of sp³-hybridized carbons (Fsp3) is 0.467. The molecule has 3 rings (SSSR count). The Bertz CT molecular complexity index is 833. The molecule has 9 heteroatoms. The van der Waals surface area contributed by atoms with E-state index < -0.39 is 16.1 Å². The summed E-state index contributed by atoms with van der Waals surface area (Å²) in [5, 5.41) is 3.76. The van der Waals surface area contributed by atoms with Crippen LogP contribution in [0.3, 0.4) is 0 Å². The lowest BCUT2D eigenvalue weighted by Crippen LogP contribution is -2.31. The normalized spacial score (nSPS) is 18.7. The van der Waals surface area contributed by atoms with Crippen LogP contribution in [0.2, 0.25) is 0 Å². The van der Waals surface area contributed by atoms with Gasteiger partial charge in [-0.05, 0) is 31.9 Å². The lowest BCUT2D eigenvalue weighted by atomic mass is 10.2. The van der Waals surface area contributed by atoms with E-state index in [1.165, 1.54) is 24.6 Å². The van der Waals surface area contributed by atoms with Crippen LogP contribution in [0, 0.1) is 6.92 Å². The van der Waals surface area contributed by atoms with Crippen molar-refractivity contribution in [2.24, 2.45) is 0 Å². The maximum atomic E-state index is 13.2. The van der Waals surface area contributed by atoms with Gasteiger partial charge in [-0.3, -0.25) is 0 Å². The van der Waals surface area contributed by atoms with Crippen LogP contribution in [0.25, 0.3) is 0 Å². The van der Waals surface area contributed by atoms with Crippen molar-refractivity contribution in [2.45, 2.75) is 30.7 Å². The van der Waals surface area contributed by atoms with E-state index in [9.17, 15) is 8.42 Å². The molecule has 0 N–H and O–H groups in total. The average Bonchev–Trinajstić information content (AvgIpc) is 3.23. The zero-order chi connectivity index (χ0) is 17.3. The predicted molar refractivity (Wildman–Crippen MR) is 84.4 cm³/mol. The van der Waals surface area contributed by atoms with Gasteiger partial charge in [0.05, 0.1) is 14.2 Å². The first-order valence-corrected chi connectivity index (χ1v) is 8.95.